The molecule has 2 heterocycles. The fourth-order valence-corrected chi connectivity index (χ4v) is 4.48. The Labute approximate surface area is 104 Å². The standard InChI is InChI=1S/C11H22N2O3S/c1-10-8-12-5-3-4-11(12)9-13(10)17(14,15)7-6-16-2/h10-11H,3-9H2,1-2H3/t10-,11-/m1/s1. The van der Waals surface area contributed by atoms with Crippen LogP contribution in [-0.2, 0) is 14.8 Å². The van der Waals surface area contributed by atoms with E-state index < -0.39 is 10.0 Å². The first kappa shape index (κ1) is 13.3. The lowest BCUT2D eigenvalue weighted by Crippen LogP contribution is -2.57. The zero-order valence-electron chi connectivity index (χ0n) is 10.6. The molecule has 0 saturated carbocycles. The highest BCUT2D eigenvalue weighted by atomic mass is 32.2. The molecular formula is C11H22N2O3S. The molecular weight excluding hydrogens is 240 g/mol. The van der Waals surface area contributed by atoms with Gasteiger partial charge in [0.05, 0.1) is 12.4 Å². The molecule has 6 heteroatoms. The van der Waals surface area contributed by atoms with Crippen molar-refractivity contribution >= 4 is 10.0 Å². The van der Waals surface area contributed by atoms with Crippen LogP contribution < -0.4 is 0 Å². The summed E-state index contributed by atoms with van der Waals surface area (Å²) in [6.07, 6.45) is 2.33. The monoisotopic (exact) mass is 262 g/mol. The van der Waals surface area contributed by atoms with Crippen molar-refractivity contribution < 1.29 is 13.2 Å². The molecule has 5 nitrogen and oxygen atoms in total. The van der Waals surface area contributed by atoms with Gasteiger partial charge in [-0.05, 0) is 26.3 Å². The third-order valence-corrected chi connectivity index (χ3v) is 5.69. The molecule has 0 spiro atoms. The third kappa shape index (κ3) is 2.81. The molecule has 100 valence electrons. The second-order valence-electron chi connectivity index (χ2n) is 5.02. The summed E-state index contributed by atoms with van der Waals surface area (Å²) < 4.78 is 30.9. The Morgan fingerprint density at radius 1 is 1.35 bits per heavy atom. The fraction of sp³-hybridized carbons (Fsp3) is 1.00. The van der Waals surface area contributed by atoms with Crippen LogP contribution in [0.3, 0.4) is 0 Å². The second-order valence-corrected chi connectivity index (χ2v) is 7.06. The van der Waals surface area contributed by atoms with Crippen molar-refractivity contribution in [2.24, 2.45) is 0 Å². The summed E-state index contributed by atoms with van der Waals surface area (Å²) in [7, 11) is -1.62. The molecule has 2 aliphatic rings. The molecule has 0 N–H and O–H groups in total. The van der Waals surface area contributed by atoms with Crippen molar-refractivity contribution in [2.45, 2.75) is 31.8 Å². The Balaban J connectivity index is 2.05. The molecule has 0 amide bonds. The Morgan fingerprint density at radius 3 is 2.82 bits per heavy atom. The third-order valence-electron chi connectivity index (χ3n) is 3.78. The van der Waals surface area contributed by atoms with Crippen molar-refractivity contribution in [3.05, 3.63) is 0 Å². The number of hydrogen-bond donors (Lipinski definition) is 0. The number of nitrogens with zero attached hydrogens (tertiary/aromatic N) is 2. The first-order chi connectivity index (χ1) is 8.04. The SMILES string of the molecule is COCCS(=O)(=O)N1C[C@H]2CCCN2C[C@H]1C. The van der Waals surface area contributed by atoms with E-state index in [2.05, 4.69) is 4.90 Å². The van der Waals surface area contributed by atoms with Crippen molar-refractivity contribution in [2.75, 3.05) is 39.1 Å². The van der Waals surface area contributed by atoms with E-state index in [9.17, 15) is 8.42 Å². The van der Waals surface area contributed by atoms with E-state index in [1.54, 1.807) is 4.31 Å². The van der Waals surface area contributed by atoms with Gasteiger partial charge in [-0.25, -0.2) is 8.42 Å². The summed E-state index contributed by atoms with van der Waals surface area (Å²) in [6, 6.07) is 0.523. The maximum absolute atomic E-state index is 12.2. The van der Waals surface area contributed by atoms with Crippen molar-refractivity contribution in [3.8, 4) is 0 Å². The highest BCUT2D eigenvalue weighted by Crippen LogP contribution is 2.26. The zero-order valence-corrected chi connectivity index (χ0v) is 11.4. The molecule has 0 unspecified atom stereocenters. The number of hydrogen-bond acceptors (Lipinski definition) is 4. The molecule has 2 aliphatic heterocycles. The summed E-state index contributed by atoms with van der Waals surface area (Å²) in [5.41, 5.74) is 0. The fourth-order valence-electron chi connectivity index (χ4n) is 2.85. The van der Waals surface area contributed by atoms with Crippen LogP contribution in [0.25, 0.3) is 0 Å². The number of piperazine rings is 1. The maximum Gasteiger partial charge on any atom is 0.216 e. The topological polar surface area (TPSA) is 49.9 Å². The van der Waals surface area contributed by atoms with Crippen LogP contribution in [0.5, 0.6) is 0 Å². The van der Waals surface area contributed by atoms with Crippen LogP contribution >= 0.6 is 0 Å². The van der Waals surface area contributed by atoms with Crippen molar-refractivity contribution in [1.29, 1.82) is 0 Å². The quantitative estimate of drug-likeness (QED) is 0.723. The average molecular weight is 262 g/mol. The minimum absolute atomic E-state index is 0.0891. The summed E-state index contributed by atoms with van der Waals surface area (Å²) in [6.45, 7) is 4.93. The van der Waals surface area contributed by atoms with Gasteiger partial charge in [0.15, 0.2) is 0 Å². The lowest BCUT2D eigenvalue weighted by Gasteiger charge is -2.41. The van der Waals surface area contributed by atoms with Gasteiger partial charge in [-0.2, -0.15) is 4.31 Å². The zero-order chi connectivity index (χ0) is 12.5. The minimum Gasteiger partial charge on any atom is -0.384 e. The van der Waals surface area contributed by atoms with Crippen LogP contribution in [0.15, 0.2) is 0 Å². The summed E-state index contributed by atoms with van der Waals surface area (Å²) in [5, 5.41) is 0. The maximum atomic E-state index is 12.2. The second kappa shape index (κ2) is 5.22. The van der Waals surface area contributed by atoms with Crippen LogP contribution in [0.4, 0.5) is 0 Å². The predicted octanol–water partition coefficient (Wildman–Crippen LogP) is 0.131. The molecule has 2 rings (SSSR count). The van der Waals surface area contributed by atoms with E-state index in [0.717, 1.165) is 19.5 Å². The van der Waals surface area contributed by atoms with Crippen LogP contribution in [0.1, 0.15) is 19.8 Å². The van der Waals surface area contributed by atoms with Gasteiger partial charge in [0.2, 0.25) is 10.0 Å². The lowest BCUT2D eigenvalue weighted by molar-refractivity contribution is 0.116. The van der Waals surface area contributed by atoms with Crippen molar-refractivity contribution in [1.82, 2.24) is 9.21 Å². The molecule has 2 fully saturated rings. The van der Waals surface area contributed by atoms with Gasteiger partial charge in [0.25, 0.3) is 0 Å². The van der Waals surface area contributed by atoms with Gasteiger partial charge in [-0.3, -0.25) is 4.90 Å². The molecule has 0 bridgehead atoms. The van der Waals surface area contributed by atoms with Crippen LogP contribution in [-0.4, -0.2) is 68.8 Å². The smallest absolute Gasteiger partial charge is 0.216 e. The van der Waals surface area contributed by atoms with Gasteiger partial charge in [0.1, 0.15) is 0 Å². The van der Waals surface area contributed by atoms with Gasteiger partial charge in [-0.15, -0.1) is 0 Å². The molecule has 2 atom stereocenters. The van der Waals surface area contributed by atoms with Crippen LogP contribution in [0.2, 0.25) is 0 Å². The number of ether oxygens (including phenoxy) is 1. The van der Waals surface area contributed by atoms with Gasteiger partial charge in [-0.1, -0.05) is 0 Å². The Bertz CT molecular complexity index is 358. The van der Waals surface area contributed by atoms with Gasteiger partial charge < -0.3 is 4.74 Å². The van der Waals surface area contributed by atoms with E-state index in [1.807, 2.05) is 6.92 Å². The first-order valence-corrected chi connectivity index (χ1v) is 7.88. The van der Waals surface area contributed by atoms with E-state index in [4.69, 9.17) is 4.74 Å². The molecule has 0 radical (unpaired) electrons. The largest absolute Gasteiger partial charge is 0.384 e. The predicted molar refractivity (Wildman–Crippen MR) is 66.4 cm³/mol. The Morgan fingerprint density at radius 2 is 2.12 bits per heavy atom. The van der Waals surface area contributed by atoms with Crippen LogP contribution in [0, 0.1) is 0 Å². The summed E-state index contributed by atoms with van der Waals surface area (Å²) >= 11 is 0. The Hall–Kier alpha value is -0.170. The van der Waals surface area contributed by atoms with Gasteiger partial charge >= 0.3 is 0 Å². The Kier molecular flexibility index (Phi) is 4.07. The van der Waals surface area contributed by atoms with E-state index >= 15 is 0 Å². The highest BCUT2D eigenvalue weighted by Gasteiger charge is 2.39. The highest BCUT2D eigenvalue weighted by molar-refractivity contribution is 7.89. The first-order valence-electron chi connectivity index (χ1n) is 6.27. The summed E-state index contributed by atoms with van der Waals surface area (Å²) in [4.78, 5) is 2.42. The molecule has 0 aromatic heterocycles. The molecule has 17 heavy (non-hydrogen) atoms. The molecule has 2 saturated heterocycles. The lowest BCUT2D eigenvalue weighted by atomic mass is 10.1. The van der Waals surface area contributed by atoms with E-state index in [-0.39, 0.29) is 18.4 Å². The average Bonchev–Trinajstić information content (AvgIpc) is 2.72. The van der Waals surface area contributed by atoms with Gasteiger partial charge in [0, 0.05) is 32.3 Å². The minimum atomic E-state index is -3.15. The summed E-state index contributed by atoms with van der Waals surface area (Å²) in [5.74, 6) is 0.0978. The number of sulfonamides is 1. The number of fused-ring (bicyclic) bond motifs is 1. The van der Waals surface area contributed by atoms with Crippen molar-refractivity contribution in [3.63, 3.8) is 0 Å². The number of methoxy groups -OCH3 is 1. The van der Waals surface area contributed by atoms with E-state index in [1.165, 1.54) is 13.5 Å². The van der Waals surface area contributed by atoms with E-state index in [0.29, 0.717) is 12.6 Å². The molecule has 0 aromatic carbocycles. The molecule has 0 aromatic rings. The normalized spacial score (nSPS) is 31.6. The number of rotatable bonds is 4. The molecule has 0 aliphatic carbocycles.